The summed E-state index contributed by atoms with van der Waals surface area (Å²) in [4.78, 5) is 8.49. The molecule has 0 aliphatic heterocycles. The summed E-state index contributed by atoms with van der Waals surface area (Å²) in [5.41, 5.74) is 0.966. The van der Waals surface area contributed by atoms with Crippen LogP contribution in [-0.4, -0.2) is 21.9 Å². The summed E-state index contributed by atoms with van der Waals surface area (Å²) < 4.78 is 0. The summed E-state index contributed by atoms with van der Waals surface area (Å²) >= 11 is 6.08. The van der Waals surface area contributed by atoms with Crippen LogP contribution in [0.2, 0.25) is 0 Å². The van der Waals surface area contributed by atoms with Gasteiger partial charge in [-0.25, -0.2) is 4.98 Å². The van der Waals surface area contributed by atoms with Gasteiger partial charge in [0.1, 0.15) is 5.82 Å². The van der Waals surface area contributed by atoms with Crippen LogP contribution in [-0.2, 0) is 0 Å². The van der Waals surface area contributed by atoms with Crippen molar-refractivity contribution >= 4 is 17.4 Å². The van der Waals surface area contributed by atoms with Gasteiger partial charge in [0.15, 0.2) is 0 Å². The third-order valence-electron chi connectivity index (χ3n) is 3.22. The molecule has 0 spiro atoms. The molecular formula is C12H18ClN3. The Labute approximate surface area is 102 Å². The smallest absolute Gasteiger partial charge is 0.147 e. The molecule has 3 nitrogen and oxygen atoms in total. The highest BCUT2D eigenvalue weighted by molar-refractivity contribution is 6.20. The van der Waals surface area contributed by atoms with Crippen LogP contribution in [0.15, 0.2) is 12.4 Å². The van der Waals surface area contributed by atoms with Gasteiger partial charge in [-0.3, -0.25) is 4.98 Å². The van der Waals surface area contributed by atoms with E-state index in [9.17, 15) is 0 Å². The van der Waals surface area contributed by atoms with Crippen LogP contribution in [0.1, 0.15) is 31.4 Å². The molecule has 0 radical (unpaired) electrons. The zero-order valence-corrected chi connectivity index (χ0v) is 10.4. The van der Waals surface area contributed by atoms with E-state index in [0.29, 0.717) is 5.38 Å². The summed E-state index contributed by atoms with van der Waals surface area (Å²) in [6.45, 7) is 2.97. The molecule has 0 atom stereocenters. The van der Waals surface area contributed by atoms with Crippen LogP contribution in [0.3, 0.4) is 0 Å². The quantitative estimate of drug-likeness (QED) is 0.824. The van der Waals surface area contributed by atoms with Crippen molar-refractivity contribution in [2.45, 2.75) is 38.0 Å². The fraction of sp³-hybridized carbons (Fsp3) is 0.667. The van der Waals surface area contributed by atoms with Crippen LogP contribution >= 0.6 is 11.6 Å². The topological polar surface area (TPSA) is 37.8 Å². The number of anilines is 1. The van der Waals surface area contributed by atoms with Gasteiger partial charge in [-0.15, -0.1) is 11.6 Å². The molecule has 1 fully saturated rings. The van der Waals surface area contributed by atoms with Crippen molar-refractivity contribution in [3.05, 3.63) is 18.1 Å². The molecule has 88 valence electrons. The van der Waals surface area contributed by atoms with Crippen LogP contribution in [0, 0.1) is 12.8 Å². The maximum Gasteiger partial charge on any atom is 0.147 e. The number of nitrogens with zero attached hydrogens (tertiary/aromatic N) is 2. The lowest BCUT2D eigenvalue weighted by Crippen LogP contribution is -2.22. The predicted molar refractivity (Wildman–Crippen MR) is 66.9 cm³/mol. The van der Waals surface area contributed by atoms with Gasteiger partial charge in [0.2, 0.25) is 0 Å². The number of hydrogen-bond acceptors (Lipinski definition) is 3. The SMILES string of the molecule is Cc1nccnc1NCC1CCC(Cl)CC1. The second-order valence-corrected chi connectivity index (χ2v) is 5.11. The van der Waals surface area contributed by atoms with Crippen molar-refractivity contribution in [1.29, 1.82) is 0 Å². The fourth-order valence-corrected chi connectivity index (χ4v) is 2.40. The van der Waals surface area contributed by atoms with Crippen molar-refractivity contribution in [2.75, 3.05) is 11.9 Å². The average Bonchev–Trinajstić information content (AvgIpc) is 2.30. The molecule has 0 unspecified atom stereocenters. The fourth-order valence-electron chi connectivity index (χ4n) is 2.15. The van der Waals surface area contributed by atoms with Crippen LogP contribution < -0.4 is 5.32 Å². The van der Waals surface area contributed by atoms with E-state index < -0.39 is 0 Å². The van der Waals surface area contributed by atoms with Crippen molar-refractivity contribution in [3.63, 3.8) is 0 Å². The third-order valence-corrected chi connectivity index (χ3v) is 3.65. The second-order valence-electron chi connectivity index (χ2n) is 4.49. The summed E-state index contributed by atoms with van der Waals surface area (Å²) in [5.74, 6) is 1.65. The molecule has 0 aromatic carbocycles. The molecule has 0 bridgehead atoms. The second kappa shape index (κ2) is 5.48. The molecule has 1 aliphatic rings. The van der Waals surface area contributed by atoms with E-state index in [1.807, 2.05) is 6.92 Å². The summed E-state index contributed by atoms with van der Waals surface area (Å²) in [7, 11) is 0. The Morgan fingerprint density at radius 1 is 1.25 bits per heavy atom. The van der Waals surface area contributed by atoms with E-state index >= 15 is 0 Å². The highest BCUT2D eigenvalue weighted by Gasteiger charge is 2.19. The van der Waals surface area contributed by atoms with E-state index in [4.69, 9.17) is 11.6 Å². The minimum Gasteiger partial charge on any atom is -0.368 e. The maximum absolute atomic E-state index is 6.08. The van der Waals surface area contributed by atoms with Crippen LogP contribution in [0.25, 0.3) is 0 Å². The molecule has 0 saturated heterocycles. The number of aromatic nitrogens is 2. The molecule has 1 aromatic rings. The normalized spacial score (nSPS) is 25.4. The molecule has 1 saturated carbocycles. The van der Waals surface area contributed by atoms with Gasteiger partial charge >= 0.3 is 0 Å². The number of nitrogens with one attached hydrogen (secondary N) is 1. The molecule has 1 heterocycles. The molecule has 2 rings (SSSR count). The molecule has 1 aromatic heterocycles. The summed E-state index contributed by atoms with van der Waals surface area (Å²) in [5, 5.41) is 3.78. The monoisotopic (exact) mass is 239 g/mol. The first-order chi connectivity index (χ1) is 7.75. The highest BCUT2D eigenvalue weighted by atomic mass is 35.5. The first-order valence-electron chi connectivity index (χ1n) is 5.91. The van der Waals surface area contributed by atoms with E-state index in [-0.39, 0.29) is 0 Å². The van der Waals surface area contributed by atoms with E-state index in [0.717, 1.165) is 36.8 Å². The Morgan fingerprint density at radius 3 is 2.62 bits per heavy atom. The van der Waals surface area contributed by atoms with Crippen molar-refractivity contribution in [1.82, 2.24) is 9.97 Å². The standard InChI is InChI=1S/C12H18ClN3/c1-9-12(15-7-6-14-9)16-8-10-2-4-11(13)5-3-10/h6-7,10-11H,2-5,8H2,1H3,(H,15,16). The molecule has 0 amide bonds. The Kier molecular flexibility index (Phi) is 3.99. The van der Waals surface area contributed by atoms with Crippen molar-refractivity contribution < 1.29 is 0 Å². The number of aryl methyl sites for hydroxylation is 1. The van der Waals surface area contributed by atoms with E-state index in [1.165, 1.54) is 12.8 Å². The number of rotatable bonds is 3. The molecule has 4 heteroatoms. The van der Waals surface area contributed by atoms with Gasteiger partial charge < -0.3 is 5.32 Å². The molecule has 1 aliphatic carbocycles. The zero-order chi connectivity index (χ0) is 11.4. The van der Waals surface area contributed by atoms with Crippen molar-refractivity contribution in [2.24, 2.45) is 5.92 Å². The average molecular weight is 240 g/mol. The van der Waals surface area contributed by atoms with E-state index in [2.05, 4.69) is 15.3 Å². The van der Waals surface area contributed by atoms with Gasteiger partial charge in [0.05, 0.1) is 5.69 Å². The Hall–Kier alpha value is -0.830. The largest absolute Gasteiger partial charge is 0.368 e. The summed E-state index contributed by atoms with van der Waals surface area (Å²) in [6.07, 6.45) is 8.19. The minimum atomic E-state index is 0.398. The van der Waals surface area contributed by atoms with Gasteiger partial charge in [0.25, 0.3) is 0 Å². The van der Waals surface area contributed by atoms with Crippen LogP contribution in [0.4, 0.5) is 5.82 Å². The lowest BCUT2D eigenvalue weighted by molar-refractivity contribution is 0.377. The molecular weight excluding hydrogens is 222 g/mol. The highest BCUT2D eigenvalue weighted by Crippen LogP contribution is 2.27. The number of alkyl halides is 1. The number of hydrogen-bond donors (Lipinski definition) is 1. The molecule has 1 N–H and O–H groups in total. The van der Waals surface area contributed by atoms with Gasteiger partial charge in [-0.1, -0.05) is 0 Å². The van der Waals surface area contributed by atoms with Gasteiger partial charge in [-0.05, 0) is 38.5 Å². The van der Waals surface area contributed by atoms with Crippen molar-refractivity contribution in [3.8, 4) is 0 Å². The minimum absolute atomic E-state index is 0.398. The predicted octanol–water partition coefficient (Wildman–Crippen LogP) is 2.99. The Balaban J connectivity index is 1.81. The lowest BCUT2D eigenvalue weighted by Gasteiger charge is -2.25. The lowest BCUT2D eigenvalue weighted by atomic mass is 9.89. The zero-order valence-electron chi connectivity index (χ0n) is 9.62. The maximum atomic E-state index is 6.08. The third kappa shape index (κ3) is 3.08. The van der Waals surface area contributed by atoms with Crippen LogP contribution in [0.5, 0.6) is 0 Å². The molecule has 16 heavy (non-hydrogen) atoms. The first-order valence-corrected chi connectivity index (χ1v) is 6.35. The Bertz CT molecular complexity index is 335. The Morgan fingerprint density at radius 2 is 1.94 bits per heavy atom. The summed E-state index contributed by atoms with van der Waals surface area (Å²) in [6, 6.07) is 0. The first kappa shape index (κ1) is 11.6. The van der Waals surface area contributed by atoms with Gasteiger partial charge in [-0.2, -0.15) is 0 Å². The number of halogens is 1. The van der Waals surface area contributed by atoms with E-state index in [1.54, 1.807) is 12.4 Å². The van der Waals surface area contributed by atoms with Gasteiger partial charge in [0, 0.05) is 24.3 Å².